The van der Waals surface area contributed by atoms with Gasteiger partial charge >= 0.3 is 0 Å². The van der Waals surface area contributed by atoms with Crippen molar-refractivity contribution in [2.75, 3.05) is 7.11 Å². The molecule has 0 aliphatic rings. The van der Waals surface area contributed by atoms with Crippen LogP contribution in [-0.4, -0.2) is 18.0 Å². The molecule has 1 amide bonds. The maximum absolute atomic E-state index is 11.6. The first-order chi connectivity index (χ1) is 8.72. The third kappa shape index (κ3) is 2.48. The number of primary amides is 1. The Morgan fingerprint density at radius 1 is 1.28 bits per heavy atom. The van der Waals surface area contributed by atoms with Gasteiger partial charge in [-0.05, 0) is 29.8 Å². The molecule has 2 N–H and O–H groups in total. The molecule has 1 unspecified atom stereocenters. The first kappa shape index (κ1) is 12.1. The summed E-state index contributed by atoms with van der Waals surface area (Å²) in [6.45, 7) is 0. The maximum Gasteiger partial charge on any atom is 0.231 e. The Kier molecular flexibility index (Phi) is 3.57. The Hall–Kier alpha value is -2.36. The number of aromatic nitrogens is 1. The quantitative estimate of drug-likeness (QED) is 0.887. The Morgan fingerprint density at radius 3 is 2.72 bits per heavy atom. The van der Waals surface area contributed by atoms with E-state index in [2.05, 4.69) is 4.98 Å². The second kappa shape index (κ2) is 5.31. The number of amides is 1. The Labute approximate surface area is 105 Å². The standard InChI is InChI=1S/C14H14N2O2/c1-18-11-6-4-5-10(9-11)13(14(15)17)12-7-2-3-8-16-12/h2-9,13H,1H3,(H2,15,17). The summed E-state index contributed by atoms with van der Waals surface area (Å²) in [6.07, 6.45) is 1.64. The molecule has 1 aromatic heterocycles. The number of rotatable bonds is 4. The van der Waals surface area contributed by atoms with Gasteiger partial charge in [-0.2, -0.15) is 0 Å². The van der Waals surface area contributed by atoms with Crippen molar-refractivity contribution >= 4 is 5.91 Å². The smallest absolute Gasteiger partial charge is 0.231 e. The summed E-state index contributed by atoms with van der Waals surface area (Å²) < 4.78 is 5.15. The van der Waals surface area contributed by atoms with Crippen LogP contribution >= 0.6 is 0 Å². The van der Waals surface area contributed by atoms with Gasteiger partial charge in [0.1, 0.15) is 11.7 Å². The van der Waals surface area contributed by atoms with E-state index in [0.717, 1.165) is 5.56 Å². The third-order valence-electron chi connectivity index (χ3n) is 2.70. The first-order valence-electron chi connectivity index (χ1n) is 5.56. The van der Waals surface area contributed by atoms with Crippen molar-refractivity contribution < 1.29 is 9.53 Å². The molecule has 0 saturated heterocycles. The van der Waals surface area contributed by atoms with Crippen LogP contribution in [-0.2, 0) is 4.79 Å². The molecule has 0 aliphatic heterocycles. The van der Waals surface area contributed by atoms with E-state index in [1.165, 1.54) is 0 Å². The lowest BCUT2D eigenvalue weighted by atomic mass is 9.94. The highest BCUT2D eigenvalue weighted by Gasteiger charge is 2.21. The summed E-state index contributed by atoms with van der Waals surface area (Å²) in [5.74, 6) is -0.294. The number of methoxy groups -OCH3 is 1. The monoisotopic (exact) mass is 242 g/mol. The van der Waals surface area contributed by atoms with Crippen LogP contribution in [0.4, 0.5) is 0 Å². The number of nitrogens with two attached hydrogens (primary N) is 1. The van der Waals surface area contributed by atoms with Gasteiger partial charge in [-0.3, -0.25) is 9.78 Å². The van der Waals surface area contributed by atoms with Crippen LogP contribution in [0.15, 0.2) is 48.7 Å². The van der Waals surface area contributed by atoms with Gasteiger partial charge in [-0.1, -0.05) is 18.2 Å². The Morgan fingerprint density at radius 2 is 2.11 bits per heavy atom. The molecule has 18 heavy (non-hydrogen) atoms. The second-order valence-electron chi connectivity index (χ2n) is 3.87. The van der Waals surface area contributed by atoms with Crippen LogP contribution in [0.5, 0.6) is 5.75 Å². The highest BCUT2D eigenvalue weighted by atomic mass is 16.5. The molecule has 4 nitrogen and oxygen atoms in total. The van der Waals surface area contributed by atoms with Crippen molar-refractivity contribution in [1.29, 1.82) is 0 Å². The lowest BCUT2D eigenvalue weighted by molar-refractivity contribution is -0.118. The fraction of sp³-hybridized carbons (Fsp3) is 0.143. The van der Waals surface area contributed by atoms with E-state index in [0.29, 0.717) is 11.4 Å². The molecule has 2 rings (SSSR count). The highest BCUT2D eigenvalue weighted by molar-refractivity contribution is 5.85. The number of benzene rings is 1. The van der Waals surface area contributed by atoms with Gasteiger partial charge in [0, 0.05) is 6.20 Å². The number of carbonyl (C=O) groups excluding carboxylic acids is 1. The van der Waals surface area contributed by atoms with Gasteiger partial charge in [0.15, 0.2) is 0 Å². The zero-order chi connectivity index (χ0) is 13.0. The molecule has 1 heterocycles. The number of hydrogen-bond acceptors (Lipinski definition) is 3. The predicted molar refractivity (Wildman–Crippen MR) is 68.3 cm³/mol. The topological polar surface area (TPSA) is 65.2 Å². The fourth-order valence-electron chi connectivity index (χ4n) is 1.85. The lowest BCUT2D eigenvalue weighted by Gasteiger charge is -2.14. The molecule has 1 aromatic carbocycles. The summed E-state index contributed by atoms with van der Waals surface area (Å²) in [5, 5.41) is 0. The number of nitrogens with zero attached hydrogens (tertiary/aromatic N) is 1. The van der Waals surface area contributed by atoms with E-state index in [1.54, 1.807) is 31.5 Å². The lowest BCUT2D eigenvalue weighted by Crippen LogP contribution is -2.23. The zero-order valence-corrected chi connectivity index (χ0v) is 10.0. The summed E-state index contributed by atoms with van der Waals surface area (Å²) in [7, 11) is 1.58. The normalized spacial score (nSPS) is 11.8. The first-order valence-corrected chi connectivity index (χ1v) is 5.56. The molecule has 1 atom stereocenters. The minimum atomic E-state index is -0.554. The van der Waals surface area contributed by atoms with Gasteiger partial charge in [0.05, 0.1) is 12.8 Å². The molecule has 0 radical (unpaired) electrons. The van der Waals surface area contributed by atoms with Crippen molar-refractivity contribution in [3.05, 3.63) is 59.9 Å². The SMILES string of the molecule is COc1cccc(C(C(N)=O)c2ccccn2)c1. The molecule has 0 spiro atoms. The molecule has 2 aromatic rings. The second-order valence-corrected chi connectivity index (χ2v) is 3.87. The van der Waals surface area contributed by atoms with Crippen molar-refractivity contribution in [3.8, 4) is 5.75 Å². The Bertz CT molecular complexity index is 541. The molecule has 0 aliphatic carbocycles. The summed E-state index contributed by atoms with van der Waals surface area (Å²) in [4.78, 5) is 15.8. The maximum atomic E-state index is 11.6. The predicted octanol–water partition coefficient (Wildman–Crippen LogP) is 1.71. The van der Waals surface area contributed by atoms with Gasteiger partial charge in [0.2, 0.25) is 5.91 Å². The van der Waals surface area contributed by atoms with Crippen molar-refractivity contribution in [2.24, 2.45) is 5.73 Å². The number of carbonyl (C=O) groups is 1. The van der Waals surface area contributed by atoms with Gasteiger partial charge in [-0.25, -0.2) is 0 Å². The Balaban J connectivity index is 2.45. The zero-order valence-electron chi connectivity index (χ0n) is 10.0. The van der Waals surface area contributed by atoms with Crippen LogP contribution < -0.4 is 10.5 Å². The minimum absolute atomic E-state index is 0.429. The number of pyridine rings is 1. The molecule has 4 heteroatoms. The summed E-state index contributed by atoms with van der Waals surface area (Å²) >= 11 is 0. The third-order valence-corrected chi connectivity index (χ3v) is 2.70. The largest absolute Gasteiger partial charge is 0.497 e. The van der Waals surface area contributed by atoms with Crippen molar-refractivity contribution in [3.63, 3.8) is 0 Å². The average Bonchev–Trinajstić information content (AvgIpc) is 2.40. The van der Waals surface area contributed by atoms with Gasteiger partial charge in [-0.15, -0.1) is 0 Å². The molecule has 92 valence electrons. The van der Waals surface area contributed by atoms with Crippen LogP contribution in [0.1, 0.15) is 17.2 Å². The van der Waals surface area contributed by atoms with E-state index >= 15 is 0 Å². The molecule has 0 bridgehead atoms. The van der Waals surface area contributed by atoms with E-state index < -0.39 is 11.8 Å². The molecule has 0 fully saturated rings. The van der Waals surface area contributed by atoms with E-state index in [-0.39, 0.29) is 0 Å². The van der Waals surface area contributed by atoms with E-state index in [9.17, 15) is 4.79 Å². The average molecular weight is 242 g/mol. The van der Waals surface area contributed by atoms with E-state index in [1.807, 2.05) is 24.3 Å². The molecular formula is C14H14N2O2. The van der Waals surface area contributed by atoms with E-state index in [4.69, 9.17) is 10.5 Å². The molecular weight excluding hydrogens is 228 g/mol. The van der Waals surface area contributed by atoms with Crippen LogP contribution in [0.3, 0.4) is 0 Å². The fourth-order valence-corrected chi connectivity index (χ4v) is 1.85. The summed E-state index contributed by atoms with van der Waals surface area (Å²) in [6, 6.07) is 12.7. The van der Waals surface area contributed by atoms with Crippen LogP contribution in [0.2, 0.25) is 0 Å². The van der Waals surface area contributed by atoms with Crippen LogP contribution in [0, 0.1) is 0 Å². The molecule has 0 saturated carbocycles. The van der Waals surface area contributed by atoms with Gasteiger partial charge < -0.3 is 10.5 Å². The number of ether oxygens (including phenoxy) is 1. The van der Waals surface area contributed by atoms with Gasteiger partial charge in [0.25, 0.3) is 0 Å². The van der Waals surface area contributed by atoms with Crippen molar-refractivity contribution in [2.45, 2.75) is 5.92 Å². The minimum Gasteiger partial charge on any atom is -0.497 e. The summed E-state index contributed by atoms with van der Waals surface area (Å²) in [5.41, 5.74) is 6.89. The van der Waals surface area contributed by atoms with Crippen molar-refractivity contribution in [1.82, 2.24) is 4.98 Å². The number of hydrogen-bond donors (Lipinski definition) is 1. The van der Waals surface area contributed by atoms with Crippen LogP contribution in [0.25, 0.3) is 0 Å². The highest BCUT2D eigenvalue weighted by Crippen LogP contribution is 2.25.